The zero-order valence-electron chi connectivity index (χ0n) is 12.9. The van der Waals surface area contributed by atoms with E-state index in [2.05, 4.69) is 15.0 Å². The minimum Gasteiger partial charge on any atom is -0.461 e. The number of pyridine rings is 1. The van der Waals surface area contributed by atoms with Crippen LogP contribution in [0, 0.1) is 6.92 Å². The van der Waals surface area contributed by atoms with Gasteiger partial charge < -0.3 is 9.89 Å². The van der Waals surface area contributed by atoms with Crippen LogP contribution in [0.2, 0.25) is 0 Å². The van der Waals surface area contributed by atoms with Crippen molar-refractivity contribution in [1.82, 2.24) is 15.0 Å². The third-order valence-electron chi connectivity index (χ3n) is 3.48. The van der Waals surface area contributed by atoms with Crippen molar-refractivity contribution in [3.8, 4) is 22.6 Å². The molecule has 2 N–H and O–H groups in total. The first-order valence-electron chi connectivity index (χ1n) is 7.04. The van der Waals surface area contributed by atoms with Crippen LogP contribution >= 0.6 is 12.4 Å². The zero-order chi connectivity index (χ0) is 14.9. The summed E-state index contributed by atoms with van der Waals surface area (Å²) in [7, 11) is 0. The predicted molar refractivity (Wildman–Crippen MR) is 96.1 cm³/mol. The van der Waals surface area contributed by atoms with Gasteiger partial charge in [0.2, 0.25) is 0 Å². The summed E-state index contributed by atoms with van der Waals surface area (Å²) in [5.41, 5.74) is 5.39. The lowest BCUT2D eigenvalue weighted by molar-refractivity contribution is 0.613. The molecule has 5 nitrogen and oxygen atoms in total. The van der Waals surface area contributed by atoms with Gasteiger partial charge in [0.25, 0.3) is 0 Å². The van der Waals surface area contributed by atoms with E-state index in [4.69, 9.17) is 4.42 Å². The molecule has 3 aromatic heterocycles. The van der Waals surface area contributed by atoms with E-state index in [1.54, 1.807) is 12.5 Å². The van der Waals surface area contributed by atoms with Gasteiger partial charge in [0, 0.05) is 22.9 Å². The minimum atomic E-state index is 0. The third kappa shape index (κ3) is 3.27. The summed E-state index contributed by atoms with van der Waals surface area (Å²) in [5, 5.41) is 0. The second-order valence-corrected chi connectivity index (χ2v) is 5.11. The van der Waals surface area contributed by atoms with E-state index in [0.29, 0.717) is 11.4 Å². The Labute approximate surface area is 145 Å². The van der Waals surface area contributed by atoms with E-state index in [-0.39, 0.29) is 17.9 Å². The Kier molecular flexibility index (Phi) is 5.28. The number of fused-ring (bicyclic) bond motifs is 1. The van der Waals surface area contributed by atoms with Crippen LogP contribution in [0.25, 0.3) is 33.7 Å². The van der Waals surface area contributed by atoms with Crippen LogP contribution < -0.4 is 0 Å². The average Bonchev–Trinajstić information content (AvgIpc) is 3.02. The molecule has 6 heteroatoms. The van der Waals surface area contributed by atoms with Gasteiger partial charge >= 0.3 is 0 Å². The number of hydrogen-bond acceptors (Lipinski definition) is 4. The SMILES string of the molecule is Cc1cc(-c2ncc3occc3n2)cc(-c2ccccc2)n1.Cl.O. The Hall–Kier alpha value is -2.76. The number of aromatic nitrogens is 3. The summed E-state index contributed by atoms with van der Waals surface area (Å²) in [6.07, 6.45) is 3.33. The molecule has 1 aromatic carbocycles. The third-order valence-corrected chi connectivity index (χ3v) is 3.48. The molecule has 0 aliphatic rings. The maximum atomic E-state index is 5.29. The smallest absolute Gasteiger partial charge is 0.170 e. The zero-order valence-corrected chi connectivity index (χ0v) is 13.7. The average molecular weight is 342 g/mol. The highest BCUT2D eigenvalue weighted by molar-refractivity contribution is 5.85. The van der Waals surface area contributed by atoms with Gasteiger partial charge in [-0.3, -0.25) is 4.98 Å². The molecule has 0 saturated heterocycles. The monoisotopic (exact) mass is 341 g/mol. The van der Waals surface area contributed by atoms with Gasteiger partial charge in [-0.1, -0.05) is 30.3 Å². The summed E-state index contributed by atoms with van der Waals surface area (Å²) in [6, 6.07) is 16.0. The Morgan fingerprint density at radius 3 is 2.50 bits per heavy atom. The lowest BCUT2D eigenvalue weighted by atomic mass is 10.1. The van der Waals surface area contributed by atoms with E-state index in [1.165, 1.54) is 0 Å². The number of nitrogens with zero attached hydrogens (tertiary/aromatic N) is 3. The van der Waals surface area contributed by atoms with Crippen LogP contribution in [0.1, 0.15) is 5.69 Å². The number of aryl methyl sites for hydroxylation is 1. The van der Waals surface area contributed by atoms with Crippen molar-refractivity contribution in [2.45, 2.75) is 6.92 Å². The highest BCUT2D eigenvalue weighted by Gasteiger charge is 2.08. The number of benzene rings is 1. The van der Waals surface area contributed by atoms with Crippen LogP contribution in [-0.4, -0.2) is 20.4 Å². The quantitative estimate of drug-likeness (QED) is 0.554. The van der Waals surface area contributed by atoms with Crippen molar-refractivity contribution in [3.05, 3.63) is 66.7 Å². The second-order valence-electron chi connectivity index (χ2n) is 5.11. The van der Waals surface area contributed by atoms with Crippen LogP contribution in [-0.2, 0) is 0 Å². The topological polar surface area (TPSA) is 83.3 Å². The largest absolute Gasteiger partial charge is 0.461 e. The first kappa shape index (κ1) is 17.6. The molecule has 4 rings (SSSR count). The Balaban J connectivity index is 0.00000104. The van der Waals surface area contributed by atoms with Crippen molar-refractivity contribution >= 4 is 23.5 Å². The standard InChI is InChI=1S/C18H13N3O.ClH.H2O/c1-12-9-14(10-16(20-12)13-5-3-2-4-6-13)18-19-11-17-15(21-18)7-8-22-17;;/h2-11H,1H3;1H;1H2. The summed E-state index contributed by atoms with van der Waals surface area (Å²) in [5.74, 6) is 0.677. The highest BCUT2D eigenvalue weighted by atomic mass is 35.5. The molecule has 3 heterocycles. The fraction of sp³-hybridized carbons (Fsp3) is 0.0556. The van der Waals surface area contributed by atoms with E-state index in [0.717, 1.165) is 28.0 Å². The molecule has 0 fully saturated rings. The molecule has 0 saturated carbocycles. The molecule has 0 bridgehead atoms. The molecule has 122 valence electrons. The van der Waals surface area contributed by atoms with Gasteiger partial charge in [-0.25, -0.2) is 9.97 Å². The molecule has 0 aliphatic carbocycles. The minimum absolute atomic E-state index is 0. The van der Waals surface area contributed by atoms with E-state index < -0.39 is 0 Å². The molecule has 0 aliphatic heterocycles. The molecule has 0 radical (unpaired) electrons. The van der Waals surface area contributed by atoms with Gasteiger partial charge in [0.1, 0.15) is 5.52 Å². The van der Waals surface area contributed by atoms with Gasteiger partial charge in [-0.05, 0) is 19.1 Å². The van der Waals surface area contributed by atoms with Crippen LogP contribution in [0.15, 0.2) is 65.4 Å². The van der Waals surface area contributed by atoms with E-state index >= 15 is 0 Å². The molecular weight excluding hydrogens is 326 g/mol. The Morgan fingerprint density at radius 1 is 0.917 bits per heavy atom. The molecule has 0 atom stereocenters. The summed E-state index contributed by atoms with van der Waals surface area (Å²) in [6.45, 7) is 1.98. The number of furan rings is 1. The van der Waals surface area contributed by atoms with Crippen molar-refractivity contribution < 1.29 is 9.89 Å². The fourth-order valence-electron chi connectivity index (χ4n) is 2.46. The van der Waals surface area contributed by atoms with Crippen LogP contribution in [0.5, 0.6) is 0 Å². The Morgan fingerprint density at radius 2 is 1.71 bits per heavy atom. The van der Waals surface area contributed by atoms with Gasteiger partial charge in [-0.2, -0.15) is 0 Å². The highest BCUT2D eigenvalue weighted by Crippen LogP contribution is 2.25. The maximum absolute atomic E-state index is 5.29. The maximum Gasteiger partial charge on any atom is 0.170 e. The lowest BCUT2D eigenvalue weighted by Crippen LogP contribution is -1.93. The van der Waals surface area contributed by atoms with Crippen molar-refractivity contribution in [2.24, 2.45) is 0 Å². The molecule has 0 unspecified atom stereocenters. The normalized spacial score (nSPS) is 10.0. The first-order chi connectivity index (χ1) is 10.8. The van der Waals surface area contributed by atoms with Crippen LogP contribution in [0.4, 0.5) is 0 Å². The van der Waals surface area contributed by atoms with Crippen molar-refractivity contribution in [1.29, 1.82) is 0 Å². The predicted octanol–water partition coefficient (Wildman–Crippen LogP) is 3.86. The van der Waals surface area contributed by atoms with E-state index in [1.807, 2.05) is 55.5 Å². The summed E-state index contributed by atoms with van der Waals surface area (Å²) < 4.78 is 5.29. The molecular formula is C18H16ClN3O2. The number of hydrogen-bond donors (Lipinski definition) is 0. The lowest BCUT2D eigenvalue weighted by Gasteiger charge is -2.06. The molecule has 0 spiro atoms. The van der Waals surface area contributed by atoms with Crippen LogP contribution in [0.3, 0.4) is 0 Å². The van der Waals surface area contributed by atoms with E-state index in [9.17, 15) is 0 Å². The fourth-order valence-corrected chi connectivity index (χ4v) is 2.46. The molecule has 4 aromatic rings. The number of halogens is 1. The second kappa shape index (κ2) is 7.21. The van der Waals surface area contributed by atoms with Gasteiger partial charge in [0.15, 0.2) is 11.4 Å². The van der Waals surface area contributed by atoms with Crippen molar-refractivity contribution in [3.63, 3.8) is 0 Å². The summed E-state index contributed by atoms with van der Waals surface area (Å²) >= 11 is 0. The van der Waals surface area contributed by atoms with Gasteiger partial charge in [-0.15, -0.1) is 12.4 Å². The van der Waals surface area contributed by atoms with Gasteiger partial charge in [0.05, 0.1) is 18.2 Å². The molecule has 24 heavy (non-hydrogen) atoms. The summed E-state index contributed by atoms with van der Waals surface area (Å²) in [4.78, 5) is 13.5. The van der Waals surface area contributed by atoms with Crippen molar-refractivity contribution in [2.75, 3.05) is 0 Å². The molecule has 0 amide bonds. The number of rotatable bonds is 2. The first-order valence-corrected chi connectivity index (χ1v) is 7.04. The Bertz CT molecular complexity index is 955.